The van der Waals surface area contributed by atoms with E-state index in [2.05, 4.69) is 6.07 Å². The molecule has 4 nitrogen and oxygen atoms in total. The number of Topliss-reactive ketones (excluding diaryl/α,β-unsaturated/α-hetero) is 2. The molecule has 1 saturated carbocycles. The van der Waals surface area contributed by atoms with Gasteiger partial charge in [-0.1, -0.05) is 36.7 Å². The van der Waals surface area contributed by atoms with Gasteiger partial charge in [0.15, 0.2) is 11.6 Å². The molecule has 0 radical (unpaired) electrons. The maximum absolute atomic E-state index is 13.6. The highest BCUT2D eigenvalue weighted by Crippen LogP contribution is 2.52. The molecule has 5 aromatic rings. The second-order valence-corrected chi connectivity index (χ2v) is 11.0. The van der Waals surface area contributed by atoms with E-state index in [0.29, 0.717) is 50.4 Å². The summed E-state index contributed by atoms with van der Waals surface area (Å²) in [5.74, 6) is 0.797. The predicted octanol–water partition coefficient (Wildman–Crippen LogP) is 9.47. The molecule has 0 unspecified atom stereocenters. The Kier molecular flexibility index (Phi) is 7.00. The number of hydrogen-bond donors (Lipinski definition) is 0. The molecule has 206 valence electrons. The van der Waals surface area contributed by atoms with Crippen LogP contribution in [0.1, 0.15) is 58.9 Å². The van der Waals surface area contributed by atoms with Crippen LogP contribution in [0.2, 0.25) is 5.02 Å². The van der Waals surface area contributed by atoms with Gasteiger partial charge >= 0.3 is 0 Å². The van der Waals surface area contributed by atoms with Gasteiger partial charge in [0.05, 0.1) is 12.7 Å². The number of methoxy groups -OCH3 is 1. The molecular weight excluding hydrogens is 539 g/mol. The highest BCUT2D eigenvalue weighted by Gasteiger charge is 2.46. The van der Waals surface area contributed by atoms with Crippen LogP contribution in [0, 0.1) is 5.82 Å². The summed E-state index contributed by atoms with van der Waals surface area (Å²) in [5, 5.41) is 1.15. The smallest absolute Gasteiger partial charge is 0.167 e. The molecule has 0 aliphatic heterocycles. The summed E-state index contributed by atoms with van der Waals surface area (Å²) in [7, 11) is 1.64. The Labute approximate surface area is 242 Å². The molecule has 0 bridgehead atoms. The van der Waals surface area contributed by atoms with Crippen molar-refractivity contribution in [1.29, 1.82) is 0 Å². The highest BCUT2D eigenvalue weighted by molar-refractivity contribution is 6.33. The lowest BCUT2D eigenvalue weighted by atomic mass is 9.88. The Morgan fingerprint density at radius 3 is 2.39 bits per heavy atom. The zero-order valence-corrected chi connectivity index (χ0v) is 23.6. The Balaban J connectivity index is 1.36. The minimum Gasteiger partial charge on any atom is -0.497 e. The van der Waals surface area contributed by atoms with Crippen molar-refractivity contribution in [3.8, 4) is 28.2 Å². The maximum atomic E-state index is 13.6. The minimum atomic E-state index is -0.365. The molecular formula is C35H28ClFO4. The van der Waals surface area contributed by atoms with Crippen LogP contribution in [0.3, 0.4) is 0 Å². The van der Waals surface area contributed by atoms with Crippen LogP contribution in [0.25, 0.3) is 33.4 Å². The van der Waals surface area contributed by atoms with Gasteiger partial charge in [-0.25, -0.2) is 4.39 Å². The summed E-state index contributed by atoms with van der Waals surface area (Å²) < 4.78 is 25.1. The number of hydrogen-bond acceptors (Lipinski definition) is 4. The molecule has 6 rings (SSSR count). The molecule has 1 aliphatic rings. The standard InChI is InChI=1S/C35H28ClFO4/c1-3-30(38)33-28-17-22(10-14-32(28)41-34(33)21-7-11-25(37)12-8-21)27-18-23(9-13-29(27)36)31(39)20-35(15-16-35)24-5-4-6-26(19-24)40-2/h4-14,17-19H,3,15-16,20H2,1-2H3. The number of carbonyl (C=O) groups excluding carboxylic acids is 2. The molecule has 0 spiro atoms. The van der Waals surface area contributed by atoms with Gasteiger partial charge in [0, 0.05) is 45.4 Å². The van der Waals surface area contributed by atoms with E-state index in [0.717, 1.165) is 29.7 Å². The van der Waals surface area contributed by atoms with Crippen molar-refractivity contribution in [2.45, 2.75) is 38.0 Å². The van der Waals surface area contributed by atoms with E-state index in [9.17, 15) is 14.0 Å². The third-order valence-electron chi connectivity index (χ3n) is 8.03. The van der Waals surface area contributed by atoms with Crippen molar-refractivity contribution < 1.29 is 23.1 Å². The van der Waals surface area contributed by atoms with Crippen LogP contribution in [0.4, 0.5) is 4.39 Å². The first-order chi connectivity index (χ1) is 19.8. The van der Waals surface area contributed by atoms with Crippen LogP contribution in [0.5, 0.6) is 5.75 Å². The number of carbonyl (C=O) groups is 2. The summed E-state index contributed by atoms with van der Waals surface area (Å²) in [6, 6.07) is 24.7. The second-order valence-electron chi connectivity index (χ2n) is 10.6. The minimum absolute atomic E-state index is 0.0491. The number of rotatable bonds is 9. The van der Waals surface area contributed by atoms with Crippen molar-refractivity contribution in [1.82, 2.24) is 0 Å². The van der Waals surface area contributed by atoms with Crippen LogP contribution in [0.15, 0.2) is 89.3 Å². The lowest BCUT2D eigenvalue weighted by Crippen LogP contribution is -2.14. The quantitative estimate of drug-likeness (QED) is 0.167. The first-order valence-corrected chi connectivity index (χ1v) is 14.0. The molecule has 6 heteroatoms. The molecule has 1 aromatic heterocycles. The number of halogens is 2. The first-order valence-electron chi connectivity index (χ1n) is 13.7. The SMILES string of the molecule is CCC(=O)c1c(-c2ccc(F)cc2)oc2ccc(-c3cc(C(=O)CC4(c5cccc(OC)c5)CC4)ccc3Cl)cc12. The van der Waals surface area contributed by atoms with Crippen molar-refractivity contribution in [2.75, 3.05) is 7.11 Å². The fraction of sp³-hybridized carbons (Fsp3) is 0.200. The fourth-order valence-corrected chi connectivity index (χ4v) is 5.75. The molecule has 0 N–H and O–H groups in total. The summed E-state index contributed by atoms with van der Waals surface area (Å²) >= 11 is 6.66. The second kappa shape index (κ2) is 10.6. The van der Waals surface area contributed by atoms with E-state index >= 15 is 0 Å². The van der Waals surface area contributed by atoms with Crippen LogP contribution in [-0.2, 0) is 5.41 Å². The molecule has 0 saturated heterocycles. The van der Waals surface area contributed by atoms with E-state index in [-0.39, 0.29) is 29.2 Å². The van der Waals surface area contributed by atoms with Crippen molar-refractivity contribution >= 4 is 34.1 Å². The monoisotopic (exact) mass is 566 g/mol. The Bertz CT molecular complexity index is 1800. The Morgan fingerprint density at radius 2 is 1.68 bits per heavy atom. The summed E-state index contributed by atoms with van der Waals surface area (Å²) in [6.45, 7) is 1.80. The van der Waals surface area contributed by atoms with E-state index < -0.39 is 0 Å². The third kappa shape index (κ3) is 5.07. The van der Waals surface area contributed by atoms with Gasteiger partial charge in [-0.2, -0.15) is 0 Å². The van der Waals surface area contributed by atoms with Gasteiger partial charge in [0.2, 0.25) is 0 Å². The number of benzene rings is 4. The number of ether oxygens (including phenoxy) is 1. The summed E-state index contributed by atoms with van der Waals surface area (Å²) in [5.41, 5.74) is 4.62. The van der Waals surface area contributed by atoms with Crippen molar-refractivity contribution in [3.05, 3.63) is 112 Å². The summed E-state index contributed by atoms with van der Waals surface area (Å²) in [4.78, 5) is 26.6. The van der Waals surface area contributed by atoms with Gasteiger partial charge in [0.25, 0.3) is 0 Å². The normalized spacial score (nSPS) is 13.8. The predicted molar refractivity (Wildman–Crippen MR) is 160 cm³/mol. The maximum Gasteiger partial charge on any atom is 0.167 e. The average molecular weight is 567 g/mol. The highest BCUT2D eigenvalue weighted by atomic mass is 35.5. The molecule has 4 aromatic carbocycles. The Hall–Kier alpha value is -4.22. The number of furan rings is 1. The zero-order valence-electron chi connectivity index (χ0n) is 22.8. The lowest BCUT2D eigenvalue weighted by molar-refractivity contribution is 0.0967. The van der Waals surface area contributed by atoms with Crippen LogP contribution in [-0.4, -0.2) is 18.7 Å². The molecule has 0 atom stereocenters. The lowest BCUT2D eigenvalue weighted by Gasteiger charge is -2.16. The van der Waals surface area contributed by atoms with E-state index in [1.54, 1.807) is 44.4 Å². The van der Waals surface area contributed by atoms with Crippen LogP contribution < -0.4 is 4.74 Å². The van der Waals surface area contributed by atoms with Gasteiger partial charge in [-0.15, -0.1) is 0 Å². The van der Waals surface area contributed by atoms with Gasteiger partial charge in [0.1, 0.15) is 22.9 Å². The van der Waals surface area contributed by atoms with E-state index in [1.807, 2.05) is 36.4 Å². The number of fused-ring (bicyclic) bond motifs is 1. The zero-order chi connectivity index (χ0) is 28.7. The van der Waals surface area contributed by atoms with Gasteiger partial charge in [-0.3, -0.25) is 9.59 Å². The topological polar surface area (TPSA) is 56.5 Å². The van der Waals surface area contributed by atoms with Gasteiger partial charge < -0.3 is 9.15 Å². The summed E-state index contributed by atoms with van der Waals surface area (Å²) in [6.07, 6.45) is 2.59. The van der Waals surface area contributed by atoms with Crippen molar-refractivity contribution in [3.63, 3.8) is 0 Å². The molecule has 1 heterocycles. The molecule has 1 fully saturated rings. The number of ketones is 2. The van der Waals surface area contributed by atoms with Crippen molar-refractivity contribution in [2.24, 2.45) is 0 Å². The largest absolute Gasteiger partial charge is 0.497 e. The molecule has 1 aliphatic carbocycles. The average Bonchev–Trinajstić information content (AvgIpc) is 3.68. The first kappa shape index (κ1) is 27.0. The third-order valence-corrected chi connectivity index (χ3v) is 8.36. The van der Waals surface area contributed by atoms with Crippen LogP contribution >= 0.6 is 11.6 Å². The molecule has 0 amide bonds. The fourth-order valence-electron chi connectivity index (χ4n) is 5.52. The Morgan fingerprint density at radius 1 is 0.927 bits per heavy atom. The van der Waals surface area contributed by atoms with E-state index in [4.69, 9.17) is 20.8 Å². The molecule has 41 heavy (non-hydrogen) atoms. The van der Waals surface area contributed by atoms with Gasteiger partial charge in [-0.05, 0) is 90.7 Å². The van der Waals surface area contributed by atoms with E-state index in [1.165, 1.54) is 12.1 Å².